The fourth-order valence-electron chi connectivity index (χ4n) is 11.2. The largest absolute Gasteiger partial charge is 0.456 e. The van der Waals surface area contributed by atoms with Crippen molar-refractivity contribution in [3.63, 3.8) is 0 Å². The number of para-hydroxylation sites is 1. The van der Waals surface area contributed by atoms with Gasteiger partial charge in [0.15, 0.2) is 17.5 Å². The predicted molar refractivity (Wildman–Crippen MR) is 276 cm³/mol. The molecule has 4 heteroatoms. The summed E-state index contributed by atoms with van der Waals surface area (Å²) in [6, 6.07) is 84.9. The molecule has 1 spiro atoms. The Morgan fingerprint density at radius 2 is 0.691 bits per heavy atom. The summed E-state index contributed by atoms with van der Waals surface area (Å²) in [5.41, 5.74) is 21.3. The standard InChI is InChI=1S/C64H39N3O/c1-3-17-40(18-4-1)61-65-62(41-19-5-2-6-20-41)67-63(66-61)46-24-16-22-43(36-46)42-21-15-23-44(35-42)52-39-58-53(38-51(52)45-33-34-60-54(37-45)50-28-10-14-32-59(50)68-60)49-27-9-13-31-57(49)64(58)55-29-11-7-25-47(55)48-26-8-12-30-56(48)64/h1-39H. The Bertz CT molecular complexity index is 3880. The average Bonchev–Trinajstić information content (AvgIpc) is 4.04. The van der Waals surface area contributed by atoms with Gasteiger partial charge in [-0.3, -0.25) is 0 Å². The van der Waals surface area contributed by atoms with Crippen LogP contribution in [0.3, 0.4) is 0 Å². The smallest absolute Gasteiger partial charge is 0.164 e. The first-order valence-electron chi connectivity index (χ1n) is 23.2. The van der Waals surface area contributed by atoms with Gasteiger partial charge in [-0.05, 0) is 120 Å². The highest BCUT2D eigenvalue weighted by Gasteiger charge is 2.51. The fraction of sp³-hybridized carbons (Fsp3) is 0.0156. The van der Waals surface area contributed by atoms with Gasteiger partial charge in [-0.15, -0.1) is 0 Å². The molecule has 12 aromatic rings. The quantitative estimate of drug-likeness (QED) is 0.167. The summed E-state index contributed by atoms with van der Waals surface area (Å²) < 4.78 is 6.36. The Labute approximate surface area is 393 Å². The van der Waals surface area contributed by atoms with Crippen molar-refractivity contribution in [2.75, 3.05) is 0 Å². The van der Waals surface area contributed by atoms with Crippen LogP contribution < -0.4 is 0 Å². The molecule has 2 aromatic heterocycles. The summed E-state index contributed by atoms with van der Waals surface area (Å²) >= 11 is 0. The summed E-state index contributed by atoms with van der Waals surface area (Å²) in [4.78, 5) is 15.1. The van der Waals surface area contributed by atoms with Gasteiger partial charge in [-0.1, -0.05) is 194 Å². The van der Waals surface area contributed by atoms with E-state index in [2.05, 4.69) is 170 Å². The summed E-state index contributed by atoms with van der Waals surface area (Å²) in [6.07, 6.45) is 0. The van der Waals surface area contributed by atoms with E-state index in [1.807, 2.05) is 66.7 Å². The van der Waals surface area contributed by atoms with Crippen molar-refractivity contribution in [2.45, 2.75) is 5.41 Å². The highest BCUT2D eigenvalue weighted by atomic mass is 16.3. The summed E-state index contributed by atoms with van der Waals surface area (Å²) in [5.74, 6) is 1.90. The lowest BCUT2D eigenvalue weighted by molar-refractivity contribution is 0.669. The first kappa shape index (κ1) is 38.3. The second kappa shape index (κ2) is 15.0. The molecule has 0 aliphatic heterocycles. The second-order valence-electron chi connectivity index (χ2n) is 17.8. The molecule has 316 valence electrons. The molecule has 0 unspecified atom stereocenters. The number of hydrogen-bond donors (Lipinski definition) is 0. The molecule has 0 radical (unpaired) electrons. The van der Waals surface area contributed by atoms with Crippen LogP contribution >= 0.6 is 0 Å². The van der Waals surface area contributed by atoms with E-state index in [4.69, 9.17) is 19.4 Å². The summed E-state index contributed by atoms with van der Waals surface area (Å²) in [7, 11) is 0. The SMILES string of the molecule is c1ccc(-c2nc(-c3ccccc3)nc(-c3cccc(-c4cccc(-c5cc6c(cc5-c5ccc7oc8ccccc8c7c5)-c5ccccc5C65c6ccccc6-c6ccccc65)c4)c3)n2)cc1. The van der Waals surface area contributed by atoms with Crippen molar-refractivity contribution >= 4 is 21.9 Å². The molecule has 0 atom stereocenters. The molecule has 0 bridgehead atoms. The first-order valence-corrected chi connectivity index (χ1v) is 23.2. The van der Waals surface area contributed by atoms with Crippen LogP contribution in [-0.2, 0) is 5.41 Å². The summed E-state index contributed by atoms with van der Waals surface area (Å²) in [5, 5.41) is 2.22. The highest BCUT2D eigenvalue weighted by molar-refractivity contribution is 6.07. The maximum atomic E-state index is 6.36. The number of nitrogens with zero attached hydrogens (tertiary/aromatic N) is 3. The van der Waals surface area contributed by atoms with Crippen molar-refractivity contribution in [3.8, 4) is 89.8 Å². The summed E-state index contributed by atoms with van der Waals surface area (Å²) in [6.45, 7) is 0. The molecular formula is C64H39N3O. The lowest BCUT2D eigenvalue weighted by atomic mass is 9.70. The van der Waals surface area contributed by atoms with Crippen LogP contribution in [0.4, 0.5) is 0 Å². The zero-order chi connectivity index (χ0) is 44.8. The van der Waals surface area contributed by atoms with Gasteiger partial charge < -0.3 is 4.42 Å². The van der Waals surface area contributed by atoms with Gasteiger partial charge in [0.2, 0.25) is 0 Å². The van der Waals surface area contributed by atoms with Crippen molar-refractivity contribution in [2.24, 2.45) is 0 Å². The minimum atomic E-state index is -0.481. The van der Waals surface area contributed by atoms with Crippen LogP contribution in [-0.4, -0.2) is 15.0 Å². The molecule has 0 fully saturated rings. The Kier molecular flexibility index (Phi) is 8.46. The van der Waals surface area contributed by atoms with Crippen LogP contribution in [0.1, 0.15) is 22.3 Å². The van der Waals surface area contributed by atoms with Gasteiger partial charge in [0.25, 0.3) is 0 Å². The van der Waals surface area contributed by atoms with Gasteiger partial charge in [-0.2, -0.15) is 0 Å². The molecule has 14 rings (SSSR count). The normalized spacial score (nSPS) is 12.8. The third-order valence-electron chi connectivity index (χ3n) is 14.2. The lowest BCUT2D eigenvalue weighted by Crippen LogP contribution is -2.25. The molecule has 4 nitrogen and oxygen atoms in total. The molecule has 2 aliphatic rings. The number of rotatable bonds is 6. The highest BCUT2D eigenvalue weighted by Crippen LogP contribution is 2.63. The fourth-order valence-corrected chi connectivity index (χ4v) is 11.2. The van der Waals surface area contributed by atoms with E-state index in [1.165, 1.54) is 55.6 Å². The van der Waals surface area contributed by atoms with E-state index in [1.54, 1.807) is 0 Å². The van der Waals surface area contributed by atoms with Gasteiger partial charge in [0.1, 0.15) is 11.2 Å². The van der Waals surface area contributed by atoms with Gasteiger partial charge in [0, 0.05) is 27.5 Å². The maximum Gasteiger partial charge on any atom is 0.164 e. The molecule has 10 aromatic carbocycles. The van der Waals surface area contributed by atoms with Gasteiger partial charge in [-0.25, -0.2) is 15.0 Å². The van der Waals surface area contributed by atoms with Gasteiger partial charge >= 0.3 is 0 Å². The number of furan rings is 1. The van der Waals surface area contributed by atoms with Crippen LogP contribution in [0.5, 0.6) is 0 Å². The van der Waals surface area contributed by atoms with E-state index in [0.717, 1.165) is 60.9 Å². The number of benzene rings is 10. The number of aromatic nitrogens is 3. The maximum absolute atomic E-state index is 6.36. The minimum Gasteiger partial charge on any atom is -0.456 e. The zero-order valence-corrected chi connectivity index (χ0v) is 36.8. The van der Waals surface area contributed by atoms with E-state index < -0.39 is 5.41 Å². The molecule has 0 saturated carbocycles. The third-order valence-corrected chi connectivity index (χ3v) is 14.2. The van der Waals surface area contributed by atoms with Crippen molar-refractivity contribution in [3.05, 3.63) is 259 Å². The Balaban J connectivity index is 0.976. The van der Waals surface area contributed by atoms with E-state index in [-0.39, 0.29) is 0 Å². The topological polar surface area (TPSA) is 51.8 Å². The van der Waals surface area contributed by atoms with Crippen molar-refractivity contribution in [1.29, 1.82) is 0 Å². The van der Waals surface area contributed by atoms with Crippen LogP contribution in [0, 0.1) is 0 Å². The first-order chi connectivity index (χ1) is 33.7. The average molecular weight is 866 g/mol. The molecule has 68 heavy (non-hydrogen) atoms. The molecule has 0 N–H and O–H groups in total. The zero-order valence-electron chi connectivity index (χ0n) is 36.8. The lowest BCUT2D eigenvalue weighted by Gasteiger charge is -2.31. The van der Waals surface area contributed by atoms with Crippen LogP contribution in [0.15, 0.2) is 241 Å². The van der Waals surface area contributed by atoms with E-state index in [0.29, 0.717) is 17.5 Å². The third kappa shape index (κ3) is 5.77. The molecule has 2 aliphatic carbocycles. The second-order valence-corrected chi connectivity index (χ2v) is 17.8. The minimum absolute atomic E-state index is 0.481. The molecular weight excluding hydrogens is 827 g/mol. The molecule has 0 amide bonds. The number of fused-ring (bicyclic) bond motifs is 13. The van der Waals surface area contributed by atoms with E-state index >= 15 is 0 Å². The molecule has 0 saturated heterocycles. The van der Waals surface area contributed by atoms with Crippen molar-refractivity contribution in [1.82, 2.24) is 15.0 Å². The van der Waals surface area contributed by atoms with Crippen LogP contribution in [0.2, 0.25) is 0 Å². The Morgan fingerprint density at radius 1 is 0.250 bits per heavy atom. The van der Waals surface area contributed by atoms with Crippen molar-refractivity contribution < 1.29 is 4.42 Å². The van der Waals surface area contributed by atoms with E-state index in [9.17, 15) is 0 Å². The Hall–Kier alpha value is -8.99. The molecule has 2 heterocycles. The van der Waals surface area contributed by atoms with Gasteiger partial charge in [0.05, 0.1) is 5.41 Å². The monoisotopic (exact) mass is 865 g/mol. The predicted octanol–water partition coefficient (Wildman–Crippen LogP) is 16.1. The van der Waals surface area contributed by atoms with Crippen LogP contribution in [0.25, 0.3) is 112 Å². The number of hydrogen-bond acceptors (Lipinski definition) is 4. The Morgan fingerprint density at radius 3 is 1.32 bits per heavy atom.